The van der Waals surface area contributed by atoms with Gasteiger partial charge in [-0.05, 0) is 63.9 Å². The molecule has 0 saturated carbocycles. The second-order valence-corrected chi connectivity index (χ2v) is 6.82. The number of hydrogen-bond donors (Lipinski definition) is 0. The van der Waals surface area contributed by atoms with Crippen LogP contribution in [0.5, 0.6) is 23.0 Å². The topological polar surface area (TPSA) is 49.8 Å². The molecule has 3 rings (SSSR count). The number of methoxy groups -OCH3 is 4. The number of ether oxygens (including phenoxy) is 4. The normalized spacial score (nSPS) is 10.7. The Morgan fingerprint density at radius 3 is 2.04 bits per heavy atom. The number of nitrogens with zero attached hydrogens (tertiary/aromatic N) is 1. The molecule has 1 heterocycles. The van der Waals surface area contributed by atoms with Crippen LogP contribution < -0.4 is 18.9 Å². The average Bonchev–Trinajstić information content (AvgIpc) is 2.68. The lowest BCUT2D eigenvalue weighted by atomic mass is 10.0. The van der Waals surface area contributed by atoms with Gasteiger partial charge in [0.1, 0.15) is 0 Å². The summed E-state index contributed by atoms with van der Waals surface area (Å²) in [4.78, 5) is 4.60. The average molecular weight is 465 g/mol. The summed E-state index contributed by atoms with van der Waals surface area (Å²) in [5.41, 5.74) is 2.09. The monoisotopic (exact) mass is 465 g/mol. The molecule has 0 N–H and O–H groups in total. The van der Waals surface area contributed by atoms with E-state index in [-0.39, 0.29) is 0 Å². The van der Waals surface area contributed by atoms with Gasteiger partial charge in [0, 0.05) is 21.6 Å². The van der Waals surface area contributed by atoms with Gasteiger partial charge in [-0.15, -0.1) is 0 Å². The number of benzene rings is 2. The van der Waals surface area contributed by atoms with E-state index in [1.165, 1.54) is 0 Å². The molecular weight excluding hydrogens is 445 g/mol. The van der Waals surface area contributed by atoms with E-state index in [9.17, 15) is 0 Å². The third kappa shape index (κ3) is 3.51. The van der Waals surface area contributed by atoms with Crippen LogP contribution in [0.15, 0.2) is 36.5 Å². The first-order chi connectivity index (χ1) is 12.6. The Kier molecular flexibility index (Phi) is 5.70. The van der Waals surface area contributed by atoms with Crippen molar-refractivity contribution in [3.8, 4) is 23.0 Å². The molecular formula is C20H20INO4. The molecule has 1 aromatic heterocycles. The van der Waals surface area contributed by atoms with Crippen molar-refractivity contribution in [2.45, 2.75) is 6.42 Å². The van der Waals surface area contributed by atoms with Gasteiger partial charge in [0.05, 0.1) is 34.1 Å². The largest absolute Gasteiger partial charge is 0.493 e. The van der Waals surface area contributed by atoms with Crippen molar-refractivity contribution >= 4 is 33.4 Å². The summed E-state index contributed by atoms with van der Waals surface area (Å²) in [6.45, 7) is 0. The molecule has 26 heavy (non-hydrogen) atoms. The maximum absolute atomic E-state index is 5.45. The Hall–Kier alpha value is -2.22. The number of hydrogen-bond acceptors (Lipinski definition) is 5. The van der Waals surface area contributed by atoms with Crippen molar-refractivity contribution in [1.82, 2.24) is 4.98 Å². The fourth-order valence-corrected chi connectivity index (χ4v) is 3.54. The standard InChI is InChI=1S/C20H20INO4/c1-23-17-8-12-5-6-22-16(14(12)10-19(17)25-3)7-13-9-18(24-2)20(26-4)11-15(13)21/h5-6,8-11H,7H2,1-4H3. The van der Waals surface area contributed by atoms with Crippen LogP contribution in [-0.2, 0) is 6.42 Å². The Labute approximate surface area is 166 Å². The Morgan fingerprint density at radius 2 is 1.38 bits per heavy atom. The van der Waals surface area contributed by atoms with Gasteiger partial charge in [0.25, 0.3) is 0 Å². The molecule has 136 valence electrons. The lowest BCUT2D eigenvalue weighted by Gasteiger charge is -2.14. The SMILES string of the molecule is COc1cc(I)c(Cc2nccc3cc(OC)c(OC)cc23)cc1OC. The Balaban J connectivity index is 2.09. The molecule has 0 aliphatic heterocycles. The van der Waals surface area contributed by atoms with E-state index >= 15 is 0 Å². The smallest absolute Gasteiger partial charge is 0.161 e. The summed E-state index contributed by atoms with van der Waals surface area (Å²) in [7, 11) is 6.55. The second kappa shape index (κ2) is 7.99. The van der Waals surface area contributed by atoms with Gasteiger partial charge < -0.3 is 18.9 Å². The summed E-state index contributed by atoms with van der Waals surface area (Å²) in [5.74, 6) is 2.83. The summed E-state index contributed by atoms with van der Waals surface area (Å²) in [6.07, 6.45) is 2.49. The first-order valence-electron chi connectivity index (χ1n) is 8.01. The highest BCUT2D eigenvalue weighted by molar-refractivity contribution is 14.1. The predicted molar refractivity (Wildman–Crippen MR) is 110 cm³/mol. The van der Waals surface area contributed by atoms with Crippen LogP contribution in [0.4, 0.5) is 0 Å². The molecule has 0 fully saturated rings. The Bertz CT molecular complexity index is 943. The van der Waals surface area contributed by atoms with Crippen LogP contribution in [0.3, 0.4) is 0 Å². The highest BCUT2D eigenvalue weighted by atomic mass is 127. The van der Waals surface area contributed by atoms with E-state index < -0.39 is 0 Å². The van der Waals surface area contributed by atoms with E-state index in [0.717, 1.165) is 31.3 Å². The number of fused-ring (bicyclic) bond motifs is 1. The van der Waals surface area contributed by atoms with Gasteiger partial charge in [-0.25, -0.2) is 0 Å². The van der Waals surface area contributed by atoms with Gasteiger partial charge in [0.15, 0.2) is 23.0 Å². The van der Waals surface area contributed by atoms with E-state index in [0.29, 0.717) is 23.7 Å². The third-order valence-corrected chi connectivity index (χ3v) is 5.27. The van der Waals surface area contributed by atoms with Crippen molar-refractivity contribution in [2.24, 2.45) is 0 Å². The van der Waals surface area contributed by atoms with Gasteiger partial charge >= 0.3 is 0 Å². The molecule has 0 atom stereocenters. The van der Waals surface area contributed by atoms with E-state index in [4.69, 9.17) is 18.9 Å². The van der Waals surface area contributed by atoms with Crippen molar-refractivity contribution in [3.05, 3.63) is 51.4 Å². The third-order valence-electron chi connectivity index (χ3n) is 4.26. The lowest BCUT2D eigenvalue weighted by Crippen LogP contribution is -2.00. The molecule has 2 aromatic carbocycles. The van der Waals surface area contributed by atoms with E-state index in [2.05, 4.69) is 27.6 Å². The summed E-state index contributed by atoms with van der Waals surface area (Å²) in [6, 6.07) is 9.90. The lowest BCUT2D eigenvalue weighted by molar-refractivity contribution is 0.354. The summed E-state index contributed by atoms with van der Waals surface area (Å²) < 4.78 is 22.8. The molecule has 0 aliphatic carbocycles. The van der Waals surface area contributed by atoms with Crippen LogP contribution in [0.2, 0.25) is 0 Å². The highest BCUT2D eigenvalue weighted by Crippen LogP contribution is 2.35. The van der Waals surface area contributed by atoms with Gasteiger partial charge in [-0.3, -0.25) is 4.98 Å². The molecule has 0 radical (unpaired) electrons. The van der Waals surface area contributed by atoms with Gasteiger partial charge in [-0.1, -0.05) is 0 Å². The number of rotatable bonds is 6. The number of aromatic nitrogens is 1. The molecule has 3 aromatic rings. The van der Waals surface area contributed by atoms with Crippen LogP contribution in [0, 0.1) is 3.57 Å². The molecule has 0 saturated heterocycles. The van der Waals surface area contributed by atoms with Crippen LogP contribution in [0.1, 0.15) is 11.3 Å². The van der Waals surface area contributed by atoms with Crippen LogP contribution in [-0.4, -0.2) is 33.4 Å². The van der Waals surface area contributed by atoms with Crippen molar-refractivity contribution < 1.29 is 18.9 Å². The van der Waals surface area contributed by atoms with Crippen LogP contribution in [0.25, 0.3) is 10.8 Å². The van der Waals surface area contributed by atoms with Gasteiger partial charge in [0.2, 0.25) is 0 Å². The minimum absolute atomic E-state index is 0.672. The van der Waals surface area contributed by atoms with Crippen molar-refractivity contribution in [1.29, 1.82) is 0 Å². The zero-order valence-corrected chi connectivity index (χ0v) is 17.3. The van der Waals surface area contributed by atoms with Crippen LogP contribution >= 0.6 is 22.6 Å². The summed E-state index contributed by atoms with van der Waals surface area (Å²) in [5, 5.41) is 2.10. The van der Waals surface area contributed by atoms with Gasteiger partial charge in [-0.2, -0.15) is 0 Å². The van der Waals surface area contributed by atoms with E-state index in [1.807, 2.05) is 36.5 Å². The zero-order valence-electron chi connectivity index (χ0n) is 15.1. The zero-order chi connectivity index (χ0) is 18.7. The number of pyridine rings is 1. The highest BCUT2D eigenvalue weighted by Gasteiger charge is 2.14. The fourth-order valence-electron chi connectivity index (χ4n) is 2.91. The molecule has 5 nitrogen and oxygen atoms in total. The molecule has 0 bridgehead atoms. The molecule has 0 unspecified atom stereocenters. The van der Waals surface area contributed by atoms with Crippen molar-refractivity contribution in [3.63, 3.8) is 0 Å². The molecule has 0 spiro atoms. The maximum atomic E-state index is 5.45. The predicted octanol–water partition coefficient (Wildman–Crippen LogP) is 4.46. The maximum Gasteiger partial charge on any atom is 0.161 e. The quantitative estimate of drug-likeness (QED) is 0.503. The fraction of sp³-hybridized carbons (Fsp3) is 0.250. The number of halogens is 1. The van der Waals surface area contributed by atoms with E-state index in [1.54, 1.807) is 28.4 Å². The first kappa shape index (κ1) is 18.6. The molecule has 0 aliphatic rings. The molecule has 0 amide bonds. The second-order valence-electron chi connectivity index (χ2n) is 5.66. The summed E-state index contributed by atoms with van der Waals surface area (Å²) >= 11 is 2.31. The van der Waals surface area contributed by atoms with Crippen molar-refractivity contribution in [2.75, 3.05) is 28.4 Å². The molecule has 6 heteroatoms. The Morgan fingerprint density at radius 1 is 0.808 bits per heavy atom. The minimum atomic E-state index is 0.672. The minimum Gasteiger partial charge on any atom is -0.493 e. The first-order valence-corrected chi connectivity index (χ1v) is 9.09.